The van der Waals surface area contributed by atoms with Crippen molar-refractivity contribution in [1.82, 2.24) is 0 Å². The quantitative estimate of drug-likeness (QED) is 0.156. The molecule has 1 aliphatic carbocycles. The Hall–Kier alpha value is -5.34. The number of hydrogen-bond acceptors (Lipinski definition) is 10. The summed E-state index contributed by atoms with van der Waals surface area (Å²) in [6.45, 7) is 0. The smallest absolute Gasteiger partial charge is 0.336 e. The minimum Gasteiger partial charge on any atom is -0.478 e. The molecule has 0 saturated carbocycles. The lowest BCUT2D eigenvalue weighted by Gasteiger charge is -2.22. The van der Waals surface area contributed by atoms with Gasteiger partial charge in [-0.05, 0) is 36.4 Å². The molecule has 12 nitrogen and oxygen atoms in total. The summed E-state index contributed by atoms with van der Waals surface area (Å²) in [6.07, 6.45) is 0. The van der Waals surface area contributed by atoms with Crippen molar-refractivity contribution in [3.63, 3.8) is 0 Å². The summed E-state index contributed by atoms with van der Waals surface area (Å²) in [4.78, 5) is 74.2. The van der Waals surface area contributed by atoms with Crippen LogP contribution in [0.5, 0.6) is 0 Å². The molecule has 4 aromatic rings. The van der Waals surface area contributed by atoms with Crippen LogP contribution in [0.25, 0.3) is 0 Å². The first kappa shape index (κ1) is 28.2. The van der Waals surface area contributed by atoms with Crippen molar-refractivity contribution in [3.8, 4) is 0 Å². The lowest BCUT2D eigenvalue weighted by Crippen LogP contribution is -2.25. The average molecular weight is 603 g/mol. The first-order valence-electron chi connectivity index (χ1n) is 11.7. The first-order chi connectivity index (χ1) is 20.0. The number of rotatable bonds is 8. The molecule has 0 atom stereocenters. The number of carbonyl (C=O) groups is 4. The third-order valence-electron chi connectivity index (χ3n) is 6.27. The van der Waals surface area contributed by atoms with Gasteiger partial charge in [0.25, 0.3) is 11.4 Å². The van der Waals surface area contributed by atoms with E-state index in [1.165, 1.54) is 48.5 Å². The van der Waals surface area contributed by atoms with Crippen LogP contribution >= 0.6 is 23.5 Å². The summed E-state index contributed by atoms with van der Waals surface area (Å²) in [5.41, 5.74) is -3.91. The topological polar surface area (TPSA) is 195 Å². The van der Waals surface area contributed by atoms with E-state index >= 15 is 0 Å². The van der Waals surface area contributed by atoms with Crippen molar-refractivity contribution in [1.29, 1.82) is 0 Å². The number of carboxylic acids is 2. The molecular formula is C28H14N2O10S2. The van der Waals surface area contributed by atoms with Crippen LogP contribution in [0.15, 0.2) is 92.4 Å². The van der Waals surface area contributed by atoms with Gasteiger partial charge in [0.2, 0.25) is 5.78 Å². The fraction of sp³-hybridized carbons (Fsp3) is 0. The fourth-order valence-corrected chi connectivity index (χ4v) is 6.65. The van der Waals surface area contributed by atoms with Gasteiger partial charge in [-0.1, -0.05) is 47.8 Å². The molecule has 0 saturated heterocycles. The van der Waals surface area contributed by atoms with Crippen molar-refractivity contribution in [2.75, 3.05) is 0 Å². The standard InChI is InChI=1S/C28H14N2O10S2/c31-25-21-15(29(37)38)9-11-19(41-17-7-3-1-5-13(17)27(33)34)23(21)26(32)24-20(12-10-16(22(24)25)30(39)40)42-18-8-4-2-6-14(18)28(35)36/h1-12H,(H,33,34)(H,35,36). The van der Waals surface area contributed by atoms with Crippen LogP contribution in [0.1, 0.15) is 52.6 Å². The van der Waals surface area contributed by atoms with E-state index in [0.29, 0.717) is 0 Å². The van der Waals surface area contributed by atoms with Crippen molar-refractivity contribution in [2.45, 2.75) is 19.6 Å². The molecule has 2 N–H and O–H groups in total. The number of carboxylic acid groups (broad SMARTS) is 2. The van der Waals surface area contributed by atoms with Gasteiger partial charge in [-0.15, -0.1) is 0 Å². The Balaban J connectivity index is 1.78. The molecule has 5 rings (SSSR count). The third-order valence-corrected chi connectivity index (χ3v) is 8.54. The van der Waals surface area contributed by atoms with Gasteiger partial charge in [-0.25, -0.2) is 9.59 Å². The Kier molecular flexibility index (Phi) is 7.33. The summed E-state index contributed by atoms with van der Waals surface area (Å²) in [6, 6.07) is 16.0. The second kappa shape index (κ2) is 10.9. The minimum absolute atomic E-state index is 0.0155. The molecule has 14 heteroatoms. The zero-order valence-corrected chi connectivity index (χ0v) is 22.4. The van der Waals surface area contributed by atoms with Crippen LogP contribution in [0.4, 0.5) is 11.4 Å². The van der Waals surface area contributed by atoms with Crippen LogP contribution in [-0.4, -0.2) is 43.6 Å². The Labute approximate surface area is 243 Å². The predicted molar refractivity (Wildman–Crippen MR) is 148 cm³/mol. The van der Waals surface area contributed by atoms with Crippen molar-refractivity contribution in [3.05, 3.63) is 126 Å². The van der Waals surface area contributed by atoms with Crippen LogP contribution < -0.4 is 0 Å². The molecule has 208 valence electrons. The van der Waals surface area contributed by atoms with Gasteiger partial charge in [0.05, 0.1) is 32.1 Å². The molecular weight excluding hydrogens is 588 g/mol. The molecule has 0 aliphatic heterocycles. The molecule has 0 amide bonds. The highest BCUT2D eigenvalue weighted by atomic mass is 32.2. The van der Waals surface area contributed by atoms with E-state index in [1.807, 2.05) is 0 Å². The Morgan fingerprint density at radius 2 is 0.905 bits per heavy atom. The molecule has 0 spiro atoms. The van der Waals surface area contributed by atoms with Crippen LogP contribution in [0.2, 0.25) is 0 Å². The molecule has 0 aromatic heterocycles. The number of nitro groups is 2. The lowest BCUT2D eigenvalue weighted by molar-refractivity contribution is -0.385. The van der Waals surface area contributed by atoms with Gasteiger partial charge < -0.3 is 10.2 Å². The first-order valence-corrected chi connectivity index (χ1v) is 13.4. The average Bonchev–Trinajstić information content (AvgIpc) is 2.95. The van der Waals surface area contributed by atoms with Gasteiger partial charge in [0.1, 0.15) is 11.1 Å². The van der Waals surface area contributed by atoms with Gasteiger partial charge in [-0.2, -0.15) is 0 Å². The Morgan fingerprint density at radius 1 is 0.548 bits per heavy atom. The van der Waals surface area contributed by atoms with E-state index in [2.05, 4.69) is 0 Å². The molecule has 0 heterocycles. The van der Waals surface area contributed by atoms with Crippen LogP contribution in [0.3, 0.4) is 0 Å². The number of ketones is 2. The van der Waals surface area contributed by atoms with E-state index < -0.39 is 67.0 Å². The van der Waals surface area contributed by atoms with Gasteiger partial charge in [-0.3, -0.25) is 29.8 Å². The molecule has 4 aromatic carbocycles. The van der Waals surface area contributed by atoms with Gasteiger partial charge in [0.15, 0.2) is 5.78 Å². The Bertz CT molecular complexity index is 1770. The third kappa shape index (κ3) is 4.78. The number of benzene rings is 4. The number of nitro benzene ring substituents is 2. The highest BCUT2D eigenvalue weighted by molar-refractivity contribution is 7.99. The Morgan fingerprint density at radius 3 is 1.26 bits per heavy atom. The summed E-state index contributed by atoms with van der Waals surface area (Å²) < 4.78 is 0. The van der Waals surface area contributed by atoms with Crippen molar-refractivity contribution < 1.29 is 39.2 Å². The maximum absolute atomic E-state index is 14.2. The fourth-order valence-electron chi connectivity index (χ4n) is 4.48. The molecule has 0 unspecified atom stereocenters. The maximum Gasteiger partial charge on any atom is 0.336 e. The minimum atomic E-state index is -1.27. The zero-order valence-electron chi connectivity index (χ0n) is 20.8. The number of fused-ring (bicyclic) bond motifs is 2. The van der Waals surface area contributed by atoms with Crippen molar-refractivity contribution in [2.24, 2.45) is 0 Å². The molecule has 42 heavy (non-hydrogen) atoms. The number of aromatic carboxylic acids is 2. The molecule has 0 bridgehead atoms. The second-order valence-corrected chi connectivity index (χ2v) is 10.8. The van der Waals surface area contributed by atoms with E-state index in [0.717, 1.165) is 35.7 Å². The van der Waals surface area contributed by atoms with E-state index in [9.17, 15) is 49.6 Å². The summed E-state index contributed by atoms with van der Waals surface area (Å²) >= 11 is 1.58. The highest BCUT2D eigenvalue weighted by Gasteiger charge is 2.43. The number of hydrogen-bond donors (Lipinski definition) is 2. The largest absolute Gasteiger partial charge is 0.478 e. The van der Waals surface area contributed by atoms with Crippen molar-refractivity contribution >= 4 is 58.4 Å². The SMILES string of the molecule is O=C(O)c1ccccc1Sc1ccc([N+](=O)[O-])c2c1C(=O)c1c(Sc3ccccc3C(=O)O)ccc([N+](=O)[O-])c1C2=O. The second-order valence-electron chi connectivity index (χ2n) is 8.64. The predicted octanol–water partition coefficient (Wildman–Crippen LogP) is 5.98. The normalized spacial score (nSPS) is 11.9. The van der Waals surface area contributed by atoms with E-state index in [-0.39, 0.29) is 30.7 Å². The van der Waals surface area contributed by atoms with Gasteiger partial charge >= 0.3 is 11.9 Å². The monoisotopic (exact) mass is 602 g/mol. The highest BCUT2D eigenvalue weighted by Crippen LogP contribution is 2.46. The van der Waals surface area contributed by atoms with E-state index in [4.69, 9.17) is 0 Å². The maximum atomic E-state index is 14.2. The zero-order chi connectivity index (χ0) is 30.3. The summed E-state index contributed by atoms with van der Waals surface area (Å²) in [7, 11) is 0. The van der Waals surface area contributed by atoms with E-state index in [1.54, 1.807) is 12.1 Å². The number of carbonyl (C=O) groups excluding carboxylic acids is 2. The van der Waals surface area contributed by atoms with Crippen LogP contribution in [0, 0.1) is 20.2 Å². The summed E-state index contributed by atoms with van der Waals surface area (Å²) in [5, 5.41) is 43.1. The van der Waals surface area contributed by atoms with Crippen LogP contribution in [-0.2, 0) is 0 Å². The molecule has 0 fully saturated rings. The number of nitrogens with zero attached hydrogens (tertiary/aromatic N) is 2. The molecule has 1 aliphatic rings. The van der Waals surface area contributed by atoms with Gasteiger partial charge in [0, 0.05) is 31.7 Å². The molecule has 0 radical (unpaired) electrons. The lowest BCUT2D eigenvalue weighted by atomic mass is 9.82. The summed E-state index contributed by atoms with van der Waals surface area (Å²) in [5.74, 6) is -4.63.